The van der Waals surface area contributed by atoms with Crippen LogP contribution in [0.4, 0.5) is 0 Å². The quantitative estimate of drug-likeness (QED) is 0.462. The Hall–Kier alpha value is -2.44. The first kappa shape index (κ1) is 17.4. The van der Waals surface area contributed by atoms with Crippen LogP contribution in [0.15, 0.2) is 48.8 Å². The highest BCUT2D eigenvalue weighted by atomic mass is 16.5. The van der Waals surface area contributed by atoms with Gasteiger partial charge < -0.3 is 0 Å². The molecule has 1 unspecified atom stereocenters. The maximum Gasteiger partial charge on any atom is 0.267 e. The Balaban J connectivity index is 1.56. The topological polar surface area (TPSA) is 70.4 Å². The first-order chi connectivity index (χ1) is 12.3. The molecule has 1 atom stereocenters. The Labute approximate surface area is 147 Å². The zero-order valence-corrected chi connectivity index (χ0v) is 14.2. The zero-order chi connectivity index (χ0) is 17.5. The molecule has 6 heteroatoms. The fourth-order valence-corrected chi connectivity index (χ4v) is 3.38. The number of benzene rings is 1. The van der Waals surface area contributed by atoms with Crippen molar-refractivity contribution in [3.05, 3.63) is 59.9 Å². The first-order valence-electron chi connectivity index (χ1n) is 8.70. The number of hydrogen-bond donors (Lipinski definition) is 2. The number of nitrogens with zero attached hydrogens (tertiary/aromatic N) is 3. The van der Waals surface area contributed by atoms with Crippen LogP contribution in [0.25, 0.3) is 6.08 Å². The van der Waals surface area contributed by atoms with Crippen molar-refractivity contribution in [2.24, 2.45) is 0 Å². The number of amides is 1. The van der Waals surface area contributed by atoms with Gasteiger partial charge in [-0.3, -0.25) is 19.6 Å². The summed E-state index contributed by atoms with van der Waals surface area (Å²) in [5, 5.41) is 12.8. The Morgan fingerprint density at radius 3 is 2.88 bits per heavy atom. The summed E-state index contributed by atoms with van der Waals surface area (Å²) >= 11 is 0. The SMILES string of the molecule is O=C(C=Cc1ccc(C2CCCN2CCCn2cccn2)cc1)NO. The third kappa shape index (κ3) is 4.78. The van der Waals surface area contributed by atoms with E-state index >= 15 is 0 Å². The van der Waals surface area contributed by atoms with Crippen LogP contribution in [0.3, 0.4) is 0 Å². The van der Waals surface area contributed by atoms with Crippen molar-refractivity contribution in [1.82, 2.24) is 20.2 Å². The van der Waals surface area contributed by atoms with E-state index in [4.69, 9.17) is 5.21 Å². The molecule has 1 aliphatic rings. The average molecular weight is 340 g/mol. The molecule has 1 fully saturated rings. The Bertz CT molecular complexity index is 695. The molecule has 25 heavy (non-hydrogen) atoms. The molecule has 1 saturated heterocycles. The fraction of sp³-hybridized carbons (Fsp3) is 0.368. The van der Waals surface area contributed by atoms with Crippen LogP contribution in [-0.2, 0) is 11.3 Å². The second-order valence-electron chi connectivity index (χ2n) is 6.29. The molecule has 1 aliphatic heterocycles. The van der Waals surface area contributed by atoms with Crippen molar-refractivity contribution in [1.29, 1.82) is 0 Å². The van der Waals surface area contributed by atoms with Gasteiger partial charge in [-0.1, -0.05) is 24.3 Å². The second kappa shape index (κ2) is 8.60. The molecule has 1 amide bonds. The van der Waals surface area contributed by atoms with E-state index < -0.39 is 5.91 Å². The van der Waals surface area contributed by atoms with Crippen LogP contribution >= 0.6 is 0 Å². The molecule has 0 saturated carbocycles. The highest BCUT2D eigenvalue weighted by Crippen LogP contribution is 2.32. The lowest BCUT2D eigenvalue weighted by Crippen LogP contribution is -2.25. The number of nitrogens with one attached hydrogen (secondary N) is 1. The molecule has 3 rings (SSSR count). The summed E-state index contributed by atoms with van der Waals surface area (Å²) in [5.74, 6) is -0.525. The predicted molar refractivity (Wildman–Crippen MR) is 95.8 cm³/mol. The molecular weight excluding hydrogens is 316 g/mol. The highest BCUT2D eigenvalue weighted by Gasteiger charge is 2.25. The number of carbonyl (C=O) groups excluding carboxylic acids is 1. The summed E-state index contributed by atoms with van der Waals surface area (Å²) in [6, 6.07) is 10.7. The van der Waals surface area contributed by atoms with Crippen LogP contribution in [0.5, 0.6) is 0 Å². The van der Waals surface area contributed by atoms with Crippen LogP contribution in [0, 0.1) is 0 Å². The summed E-state index contributed by atoms with van der Waals surface area (Å²) in [7, 11) is 0. The second-order valence-corrected chi connectivity index (χ2v) is 6.29. The zero-order valence-electron chi connectivity index (χ0n) is 14.2. The minimum atomic E-state index is -0.525. The molecule has 1 aromatic heterocycles. The molecule has 2 aromatic rings. The van der Waals surface area contributed by atoms with Gasteiger partial charge >= 0.3 is 0 Å². The normalized spacial score (nSPS) is 18.0. The monoisotopic (exact) mass is 340 g/mol. The van der Waals surface area contributed by atoms with Crippen LogP contribution in [-0.4, -0.2) is 38.9 Å². The van der Waals surface area contributed by atoms with E-state index in [1.165, 1.54) is 24.5 Å². The van der Waals surface area contributed by atoms with Gasteiger partial charge in [0.2, 0.25) is 0 Å². The van der Waals surface area contributed by atoms with Crippen molar-refractivity contribution in [3.8, 4) is 0 Å². The molecular formula is C19H24N4O2. The number of aryl methyl sites for hydroxylation is 1. The lowest BCUT2D eigenvalue weighted by atomic mass is 10.0. The maximum atomic E-state index is 11.0. The summed E-state index contributed by atoms with van der Waals surface area (Å²) in [4.78, 5) is 13.6. The molecule has 1 aromatic carbocycles. The van der Waals surface area contributed by atoms with Gasteiger partial charge in [0.05, 0.1) is 0 Å². The third-order valence-electron chi connectivity index (χ3n) is 4.61. The van der Waals surface area contributed by atoms with Crippen molar-refractivity contribution in [2.75, 3.05) is 13.1 Å². The molecule has 132 valence electrons. The van der Waals surface area contributed by atoms with Gasteiger partial charge in [0.25, 0.3) is 5.91 Å². The largest absolute Gasteiger partial charge is 0.296 e. The molecule has 0 spiro atoms. The van der Waals surface area contributed by atoms with Gasteiger partial charge in [-0.2, -0.15) is 5.10 Å². The average Bonchev–Trinajstić information content (AvgIpc) is 3.32. The Morgan fingerprint density at radius 2 is 2.16 bits per heavy atom. The first-order valence-corrected chi connectivity index (χ1v) is 8.70. The van der Waals surface area contributed by atoms with E-state index in [2.05, 4.69) is 22.1 Å². The van der Waals surface area contributed by atoms with E-state index in [1.807, 2.05) is 35.3 Å². The van der Waals surface area contributed by atoms with Gasteiger partial charge in [-0.25, -0.2) is 5.48 Å². The lowest BCUT2D eigenvalue weighted by molar-refractivity contribution is -0.124. The minimum Gasteiger partial charge on any atom is -0.296 e. The van der Waals surface area contributed by atoms with Crippen LogP contribution in [0.2, 0.25) is 0 Å². The number of carbonyl (C=O) groups is 1. The van der Waals surface area contributed by atoms with E-state index in [-0.39, 0.29) is 0 Å². The molecule has 2 heterocycles. The van der Waals surface area contributed by atoms with E-state index in [0.29, 0.717) is 6.04 Å². The van der Waals surface area contributed by atoms with Crippen LogP contribution < -0.4 is 5.48 Å². The highest BCUT2D eigenvalue weighted by molar-refractivity contribution is 5.90. The maximum absolute atomic E-state index is 11.0. The van der Waals surface area contributed by atoms with Crippen molar-refractivity contribution in [2.45, 2.75) is 31.8 Å². The predicted octanol–water partition coefficient (Wildman–Crippen LogP) is 2.63. The number of hydrogen-bond acceptors (Lipinski definition) is 4. The minimum absolute atomic E-state index is 0.469. The number of hydroxylamine groups is 1. The molecule has 6 nitrogen and oxygen atoms in total. The fourth-order valence-electron chi connectivity index (χ4n) is 3.38. The van der Waals surface area contributed by atoms with Gasteiger partial charge in [0, 0.05) is 37.6 Å². The molecule has 0 aliphatic carbocycles. The Morgan fingerprint density at radius 1 is 1.32 bits per heavy atom. The summed E-state index contributed by atoms with van der Waals surface area (Å²) in [5.41, 5.74) is 3.85. The summed E-state index contributed by atoms with van der Waals surface area (Å²) in [6.45, 7) is 3.16. The van der Waals surface area contributed by atoms with Gasteiger partial charge in [0.15, 0.2) is 0 Å². The molecule has 0 radical (unpaired) electrons. The van der Waals surface area contributed by atoms with E-state index in [9.17, 15) is 4.79 Å². The summed E-state index contributed by atoms with van der Waals surface area (Å²) in [6.07, 6.45) is 10.3. The van der Waals surface area contributed by atoms with Gasteiger partial charge in [0.1, 0.15) is 0 Å². The van der Waals surface area contributed by atoms with Gasteiger partial charge in [-0.05, 0) is 49.1 Å². The smallest absolute Gasteiger partial charge is 0.267 e. The van der Waals surface area contributed by atoms with Crippen molar-refractivity contribution in [3.63, 3.8) is 0 Å². The molecule has 2 N–H and O–H groups in total. The van der Waals surface area contributed by atoms with E-state index in [1.54, 1.807) is 11.6 Å². The Kier molecular flexibility index (Phi) is 5.98. The molecule has 0 bridgehead atoms. The number of aromatic nitrogens is 2. The number of rotatable bonds is 7. The standard InChI is InChI=1S/C19H24N4O2/c24-19(21-25)10-7-16-5-8-17(9-6-16)18-4-1-12-22(18)13-3-15-23-14-2-11-20-23/h2,5-11,14,18,25H,1,3-4,12-13,15H2,(H,21,24). The number of likely N-dealkylation sites (tertiary alicyclic amines) is 1. The third-order valence-corrected chi connectivity index (χ3v) is 4.61. The van der Waals surface area contributed by atoms with Crippen molar-refractivity contribution < 1.29 is 10.0 Å². The van der Waals surface area contributed by atoms with Gasteiger partial charge in [-0.15, -0.1) is 0 Å². The lowest BCUT2D eigenvalue weighted by Gasteiger charge is -2.25. The van der Waals surface area contributed by atoms with E-state index in [0.717, 1.165) is 31.6 Å². The van der Waals surface area contributed by atoms with Crippen molar-refractivity contribution >= 4 is 12.0 Å². The summed E-state index contributed by atoms with van der Waals surface area (Å²) < 4.78 is 1.98. The van der Waals surface area contributed by atoms with Crippen LogP contribution in [0.1, 0.15) is 36.4 Å².